The van der Waals surface area contributed by atoms with E-state index >= 15 is 0 Å². The minimum absolute atomic E-state index is 0.363. The van der Waals surface area contributed by atoms with E-state index < -0.39 is 0 Å². The van der Waals surface area contributed by atoms with Crippen molar-refractivity contribution in [3.63, 3.8) is 0 Å². The van der Waals surface area contributed by atoms with Crippen LogP contribution in [-0.2, 0) is 11.3 Å². The van der Waals surface area contributed by atoms with Gasteiger partial charge in [0.2, 0.25) is 0 Å². The van der Waals surface area contributed by atoms with Crippen LogP contribution in [0.3, 0.4) is 0 Å². The van der Waals surface area contributed by atoms with E-state index in [2.05, 4.69) is 11.4 Å². The van der Waals surface area contributed by atoms with Gasteiger partial charge in [0.25, 0.3) is 0 Å². The van der Waals surface area contributed by atoms with E-state index in [9.17, 15) is 0 Å². The van der Waals surface area contributed by atoms with E-state index in [-0.39, 0.29) is 0 Å². The van der Waals surface area contributed by atoms with Crippen molar-refractivity contribution < 1.29 is 4.74 Å². The topological polar surface area (TPSA) is 21.3 Å². The molecule has 1 N–H and O–H groups in total. The van der Waals surface area contributed by atoms with Gasteiger partial charge < -0.3 is 10.1 Å². The Kier molecular flexibility index (Phi) is 4.22. The molecule has 0 saturated heterocycles. The van der Waals surface area contributed by atoms with Crippen LogP contribution in [0.15, 0.2) is 24.3 Å². The van der Waals surface area contributed by atoms with Crippen LogP contribution in [0, 0.1) is 0 Å². The first-order valence-electron chi connectivity index (χ1n) is 5.81. The molecule has 0 aliphatic heterocycles. The molecule has 0 heterocycles. The van der Waals surface area contributed by atoms with E-state index in [0.29, 0.717) is 12.1 Å². The van der Waals surface area contributed by atoms with Gasteiger partial charge in [0, 0.05) is 24.7 Å². The maximum absolute atomic E-state index is 6.11. The van der Waals surface area contributed by atoms with E-state index in [4.69, 9.17) is 16.3 Å². The summed E-state index contributed by atoms with van der Waals surface area (Å²) in [6.07, 6.45) is 3.97. The molecule has 1 aliphatic rings. The highest BCUT2D eigenvalue weighted by Crippen LogP contribution is 2.22. The molecule has 0 bridgehead atoms. The van der Waals surface area contributed by atoms with Gasteiger partial charge in [-0.3, -0.25) is 0 Å². The summed E-state index contributed by atoms with van der Waals surface area (Å²) in [6, 6.07) is 8.44. The van der Waals surface area contributed by atoms with Gasteiger partial charge in [-0.1, -0.05) is 29.8 Å². The summed E-state index contributed by atoms with van der Waals surface area (Å²) in [5, 5.41) is 4.37. The molecule has 1 aromatic rings. The second-order valence-electron chi connectivity index (χ2n) is 4.28. The predicted octanol–water partition coefficient (Wildman–Crippen LogP) is 3.00. The molecular weight excluding hydrogens is 222 g/mol. The highest BCUT2D eigenvalue weighted by molar-refractivity contribution is 6.31. The quantitative estimate of drug-likeness (QED) is 0.872. The summed E-state index contributed by atoms with van der Waals surface area (Å²) in [5.41, 5.74) is 1.16. The standard InChI is InChI=1S/C13H18ClNO/c1-16-13-8-4-7-12(13)15-9-10-5-2-3-6-11(10)14/h2-3,5-6,12-13,15H,4,7-9H2,1H3. The molecule has 1 aliphatic carbocycles. The predicted molar refractivity (Wildman–Crippen MR) is 66.7 cm³/mol. The number of benzene rings is 1. The highest BCUT2D eigenvalue weighted by Gasteiger charge is 2.26. The van der Waals surface area contributed by atoms with E-state index in [0.717, 1.165) is 23.6 Å². The van der Waals surface area contributed by atoms with Crippen molar-refractivity contribution in [3.05, 3.63) is 34.9 Å². The number of hydrogen-bond acceptors (Lipinski definition) is 2. The van der Waals surface area contributed by atoms with Crippen molar-refractivity contribution in [3.8, 4) is 0 Å². The molecule has 88 valence electrons. The molecule has 3 heteroatoms. The van der Waals surface area contributed by atoms with Crippen LogP contribution in [0.25, 0.3) is 0 Å². The second-order valence-corrected chi connectivity index (χ2v) is 4.69. The average Bonchev–Trinajstić information content (AvgIpc) is 2.75. The highest BCUT2D eigenvalue weighted by atomic mass is 35.5. The second kappa shape index (κ2) is 5.67. The normalized spacial score (nSPS) is 24.9. The average molecular weight is 240 g/mol. The number of ether oxygens (including phenoxy) is 1. The van der Waals surface area contributed by atoms with E-state index in [1.807, 2.05) is 18.2 Å². The molecule has 0 aromatic heterocycles. The number of rotatable bonds is 4. The monoisotopic (exact) mass is 239 g/mol. The smallest absolute Gasteiger partial charge is 0.0724 e. The van der Waals surface area contributed by atoms with Crippen LogP contribution in [-0.4, -0.2) is 19.3 Å². The van der Waals surface area contributed by atoms with Crippen molar-refractivity contribution >= 4 is 11.6 Å². The Balaban J connectivity index is 1.90. The van der Waals surface area contributed by atoms with Gasteiger partial charge in [0.05, 0.1) is 6.10 Å². The molecule has 2 unspecified atom stereocenters. The van der Waals surface area contributed by atoms with Gasteiger partial charge in [-0.25, -0.2) is 0 Å². The fourth-order valence-electron chi connectivity index (χ4n) is 2.32. The maximum atomic E-state index is 6.11. The van der Waals surface area contributed by atoms with Gasteiger partial charge in [-0.15, -0.1) is 0 Å². The zero-order valence-corrected chi connectivity index (χ0v) is 10.3. The summed E-state index contributed by atoms with van der Waals surface area (Å²) in [4.78, 5) is 0. The third-order valence-corrected chi connectivity index (χ3v) is 3.64. The van der Waals surface area contributed by atoms with Crippen LogP contribution in [0.1, 0.15) is 24.8 Å². The number of nitrogens with one attached hydrogen (secondary N) is 1. The Hall–Kier alpha value is -0.570. The lowest BCUT2D eigenvalue weighted by Crippen LogP contribution is -2.36. The molecule has 16 heavy (non-hydrogen) atoms. The number of halogens is 1. The molecule has 2 nitrogen and oxygen atoms in total. The summed E-state index contributed by atoms with van der Waals surface area (Å²) in [6.45, 7) is 0.824. The lowest BCUT2D eigenvalue weighted by molar-refractivity contribution is 0.0847. The Labute approximate surface area is 102 Å². The minimum Gasteiger partial charge on any atom is -0.380 e. The molecule has 1 aromatic carbocycles. The Morgan fingerprint density at radius 3 is 2.94 bits per heavy atom. The molecule has 1 saturated carbocycles. The molecule has 2 atom stereocenters. The maximum Gasteiger partial charge on any atom is 0.0724 e. The van der Waals surface area contributed by atoms with Gasteiger partial charge >= 0.3 is 0 Å². The van der Waals surface area contributed by atoms with Crippen molar-refractivity contribution in [2.24, 2.45) is 0 Å². The van der Waals surface area contributed by atoms with Crippen molar-refractivity contribution in [2.45, 2.75) is 38.0 Å². The van der Waals surface area contributed by atoms with Gasteiger partial charge in [-0.2, -0.15) is 0 Å². The molecule has 1 fully saturated rings. The lowest BCUT2D eigenvalue weighted by Gasteiger charge is -2.19. The van der Waals surface area contributed by atoms with Gasteiger partial charge in [-0.05, 0) is 30.9 Å². The van der Waals surface area contributed by atoms with Crippen molar-refractivity contribution in [1.29, 1.82) is 0 Å². The summed E-state index contributed by atoms with van der Waals surface area (Å²) >= 11 is 6.11. The number of hydrogen-bond donors (Lipinski definition) is 1. The van der Waals surface area contributed by atoms with Gasteiger partial charge in [0.1, 0.15) is 0 Å². The van der Waals surface area contributed by atoms with E-state index in [1.54, 1.807) is 7.11 Å². The van der Waals surface area contributed by atoms with Crippen molar-refractivity contribution in [1.82, 2.24) is 5.32 Å². The molecule has 0 amide bonds. The molecule has 0 spiro atoms. The van der Waals surface area contributed by atoms with E-state index in [1.165, 1.54) is 12.8 Å². The summed E-state index contributed by atoms with van der Waals surface area (Å²) < 4.78 is 5.45. The van der Waals surface area contributed by atoms with Crippen molar-refractivity contribution in [2.75, 3.05) is 7.11 Å². The third kappa shape index (κ3) is 2.76. The summed E-state index contributed by atoms with van der Waals surface area (Å²) in [5.74, 6) is 0. The van der Waals surface area contributed by atoms with Gasteiger partial charge in [0.15, 0.2) is 0 Å². The van der Waals surface area contributed by atoms with Crippen LogP contribution in [0.5, 0.6) is 0 Å². The zero-order valence-electron chi connectivity index (χ0n) is 9.58. The fraction of sp³-hybridized carbons (Fsp3) is 0.538. The third-order valence-electron chi connectivity index (χ3n) is 3.27. The van der Waals surface area contributed by atoms with Crippen LogP contribution in [0.2, 0.25) is 5.02 Å². The first kappa shape index (κ1) is 11.9. The van der Waals surface area contributed by atoms with Crippen LogP contribution >= 0.6 is 11.6 Å². The summed E-state index contributed by atoms with van der Waals surface area (Å²) in [7, 11) is 1.79. The molecule has 2 rings (SSSR count). The van der Waals surface area contributed by atoms with Crippen LogP contribution < -0.4 is 5.32 Å². The first-order valence-corrected chi connectivity index (χ1v) is 6.18. The molecule has 0 radical (unpaired) electrons. The number of methoxy groups -OCH3 is 1. The Morgan fingerprint density at radius 1 is 1.38 bits per heavy atom. The lowest BCUT2D eigenvalue weighted by atomic mass is 10.1. The zero-order chi connectivity index (χ0) is 11.4. The SMILES string of the molecule is COC1CCCC1NCc1ccccc1Cl. The Morgan fingerprint density at radius 2 is 2.19 bits per heavy atom. The fourth-order valence-corrected chi connectivity index (χ4v) is 2.53. The Bertz CT molecular complexity index is 342. The largest absolute Gasteiger partial charge is 0.380 e. The minimum atomic E-state index is 0.363. The molecular formula is C13H18ClNO. The first-order chi connectivity index (χ1) is 7.81. The van der Waals surface area contributed by atoms with Crippen LogP contribution in [0.4, 0.5) is 0 Å².